The number of nitrogens with zero attached hydrogens (tertiary/aromatic N) is 2. The maximum atomic E-state index is 12.9. The lowest BCUT2D eigenvalue weighted by molar-refractivity contribution is -0.118. The van der Waals surface area contributed by atoms with Crippen molar-refractivity contribution in [3.8, 4) is 11.5 Å². The lowest BCUT2D eigenvalue weighted by Crippen LogP contribution is -2.26. The number of rotatable bonds is 7. The average molecular weight is 509 g/mol. The molecule has 0 bridgehead atoms. The topological polar surface area (TPSA) is 164 Å². The Morgan fingerprint density at radius 1 is 1.17 bits per heavy atom. The molecule has 2 aromatic carbocycles. The van der Waals surface area contributed by atoms with Crippen LogP contribution in [0.5, 0.6) is 11.5 Å². The Morgan fingerprint density at radius 2 is 1.97 bits per heavy atom. The van der Waals surface area contributed by atoms with Crippen LogP contribution in [0.4, 0.5) is 11.4 Å². The van der Waals surface area contributed by atoms with E-state index in [9.17, 15) is 18.0 Å². The Hall–Kier alpha value is -4.65. The quantitative estimate of drug-likeness (QED) is 0.294. The molecule has 5 rings (SSSR count). The molecule has 0 aliphatic carbocycles. The van der Waals surface area contributed by atoms with Crippen molar-refractivity contribution >= 4 is 44.2 Å². The van der Waals surface area contributed by atoms with Gasteiger partial charge < -0.3 is 25.1 Å². The van der Waals surface area contributed by atoms with E-state index in [4.69, 9.17) is 9.47 Å². The van der Waals surface area contributed by atoms with Crippen LogP contribution in [0.2, 0.25) is 0 Å². The van der Waals surface area contributed by atoms with Gasteiger partial charge in [0.2, 0.25) is 0 Å². The number of fused-ring (bicyclic) bond motifs is 2. The van der Waals surface area contributed by atoms with Gasteiger partial charge in [0.25, 0.3) is 21.8 Å². The van der Waals surface area contributed by atoms with E-state index in [1.54, 1.807) is 18.2 Å². The molecule has 1 aliphatic rings. The third kappa shape index (κ3) is 4.51. The van der Waals surface area contributed by atoms with Gasteiger partial charge in [0.05, 0.1) is 28.9 Å². The Kier molecular flexibility index (Phi) is 5.90. The fourth-order valence-corrected chi connectivity index (χ4v) is 4.71. The molecule has 36 heavy (non-hydrogen) atoms. The number of sulfonamides is 1. The van der Waals surface area contributed by atoms with Crippen LogP contribution >= 0.6 is 0 Å². The lowest BCUT2D eigenvalue weighted by atomic mass is 10.1. The van der Waals surface area contributed by atoms with Crippen molar-refractivity contribution in [1.29, 1.82) is 0 Å². The van der Waals surface area contributed by atoms with Crippen LogP contribution in [-0.4, -0.2) is 48.9 Å². The summed E-state index contributed by atoms with van der Waals surface area (Å²) in [5.74, 6) is 0.333. The van der Waals surface area contributed by atoms with Gasteiger partial charge in [-0.2, -0.15) is 0 Å². The molecule has 1 aliphatic heterocycles. The highest BCUT2D eigenvalue weighted by molar-refractivity contribution is 7.92. The first kappa shape index (κ1) is 23.1. The number of aromatic nitrogens is 3. The lowest BCUT2D eigenvalue weighted by Gasteiger charge is -2.18. The normalized spacial score (nSPS) is 12.9. The number of aromatic amines is 1. The number of hydrogen-bond donors (Lipinski definition) is 4. The number of carbonyl (C=O) groups is 2. The molecule has 3 heterocycles. The van der Waals surface area contributed by atoms with E-state index in [0.29, 0.717) is 17.2 Å². The van der Waals surface area contributed by atoms with Crippen LogP contribution < -0.4 is 24.8 Å². The highest BCUT2D eigenvalue weighted by Crippen LogP contribution is 2.29. The van der Waals surface area contributed by atoms with Crippen LogP contribution in [0.3, 0.4) is 0 Å². The highest BCUT2D eigenvalue weighted by Gasteiger charge is 2.21. The van der Waals surface area contributed by atoms with Gasteiger partial charge in [-0.25, -0.2) is 18.4 Å². The first-order valence-electron chi connectivity index (χ1n) is 10.7. The molecule has 2 aromatic heterocycles. The second-order valence-electron chi connectivity index (χ2n) is 7.78. The summed E-state index contributed by atoms with van der Waals surface area (Å²) in [6.45, 7) is 0.117. The summed E-state index contributed by atoms with van der Waals surface area (Å²) in [5.41, 5.74) is 1.99. The van der Waals surface area contributed by atoms with Crippen LogP contribution in [-0.2, 0) is 21.4 Å². The summed E-state index contributed by atoms with van der Waals surface area (Å²) >= 11 is 0. The van der Waals surface area contributed by atoms with E-state index in [2.05, 4.69) is 30.3 Å². The summed E-state index contributed by atoms with van der Waals surface area (Å²) in [7, 11) is -2.43. The Morgan fingerprint density at radius 3 is 2.75 bits per heavy atom. The minimum atomic E-state index is -3.92. The van der Waals surface area contributed by atoms with E-state index < -0.39 is 15.9 Å². The molecule has 2 amide bonds. The average Bonchev–Trinajstić information content (AvgIpc) is 3.29. The number of carbonyl (C=O) groups excluding carboxylic acids is 2. The molecule has 0 saturated carbocycles. The largest absolute Gasteiger partial charge is 0.497 e. The second-order valence-corrected chi connectivity index (χ2v) is 9.46. The molecule has 13 heteroatoms. The first-order valence-corrected chi connectivity index (χ1v) is 12.1. The zero-order valence-electron chi connectivity index (χ0n) is 18.9. The van der Waals surface area contributed by atoms with Crippen molar-refractivity contribution in [2.45, 2.75) is 11.4 Å². The van der Waals surface area contributed by atoms with E-state index in [1.165, 1.54) is 43.9 Å². The standard InChI is InChI=1S/C23H20N6O6S/c1-34-14-3-5-15(6-4-14)36(32,33)29-17-10-24-21-20(17)26-12-27-22(21)23(31)25-9-13-2-7-18-16(8-13)28-19(30)11-35-18/h2-8,10,12,24,29H,9,11H2,1H3,(H,25,31)(H,28,30). The van der Waals surface area contributed by atoms with Crippen LogP contribution in [0.1, 0.15) is 16.1 Å². The molecular weight excluding hydrogens is 488 g/mol. The summed E-state index contributed by atoms with van der Waals surface area (Å²) in [6.07, 6.45) is 2.59. The van der Waals surface area contributed by atoms with E-state index >= 15 is 0 Å². The number of benzene rings is 2. The second kappa shape index (κ2) is 9.19. The molecule has 0 spiro atoms. The van der Waals surface area contributed by atoms with Crippen molar-refractivity contribution in [1.82, 2.24) is 20.3 Å². The fraction of sp³-hybridized carbons (Fsp3) is 0.130. The molecule has 0 unspecified atom stereocenters. The molecule has 0 atom stereocenters. The third-order valence-electron chi connectivity index (χ3n) is 5.42. The van der Waals surface area contributed by atoms with Gasteiger partial charge in [-0.3, -0.25) is 14.3 Å². The maximum Gasteiger partial charge on any atom is 0.272 e. The summed E-state index contributed by atoms with van der Waals surface area (Å²) in [4.78, 5) is 35.5. The predicted molar refractivity (Wildman–Crippen MR) is 129 cm³/mol. The molecule has 0 fully saturated rings. The Bertz CT molecular complexity index is 1580. The van der Waals surface area contributed by atoms with E-state index in [1.807, 2.05) is 0 Å². The fourth-order valence-electron chi connectivity index (χ4n) is 3.65. The van der Waals surface area contributed by atoms with E-state index in [-0.39, 0.29) is 46.4 Å². The maximum absolute atomic E-state index is 12.9. The van der Waals surface area contributed by atoms with Gasteiger partial charge in [0.1, 0.15) is 23.3 Å². The SMILES string of the molecule is COc1ccc(S(=O)(=O)Nc2c[nH]c3c(C(=O)NCc4ccc5c(c4)NC(=O)CO5)ncnc23)cc1. The number of nitrogens with one attached hydrogen (secondary N) is 4. The molecule has 4 aromatic rings. The summed E-state index contributed by atoms with van der Waals surface area (Å²) in [5, 5.41) is 5.48. The number of hydrogen-bond acceptors (Lipinski definition) is 8. The minimum absolute atomic E-state index is 0.0383. The number of amides is 2. The monoisotopic (exact) mass is 508 g/mol. The molecule has 184 valence electrons. The number of H-pyrrole nitrogens is 1. The van der Waals surface area contributed by atoms with Gasteiger partial charge in [-0.1, -0.05) is 6.07 Å². The molecule has 4 N–H and O–H groups in total. The van der Waals surface area contributed by atoms with Gasteiger partial charge in [0, 0.05) is 12.7 Å². The molecule has 0 radical (unpaired) electrons. The predicted octanol–water partition coefficient (Wildman–Crippen LogP) is 2.03. The van der Waals surface area contributed by atoms with Crippen molar-refractivity contribution < 1.29 is 27.5 Å². The zero-order valence-corrected chi connectivity index (χ0v) is 19.7. The smallest absolute Gasteiger partial charge is 0.272 e. The third-order valence-corrected chi connectivity index (χ3v) is 6.80. The van der Waals surface area contributed by atoms with Crippen molar-refractivity contribution in [3.05, 3.63) is 66.2 Å². The summed E-state index contributed by atoms with van der Waals surface area (Å²) < 4.78 is 38.5. The van der Waals surface area contributed by atoms with Crippen LogP contribution in [0.25, 0.3) is 11.0 Å². The zero-order chi connectivity index (χ0) is 25.3. The highest BCUT2D eigenvalue weighted by atomic mass is 32.2. The van der Waals surface area contributed by atoms with Crippen LogP contribution in [0.15, 0.2) is 59.9 Å². The first-order chi connectivity index (χ1) is 17.3. The van der Waals surface area contributed by atoms with Gasteiger partial charge in [-0.05, 0) is 42.0 Å². The minimum Gasteiger partial charge on any atom is -0.497 e. The van der Waals surface area contributed by atoms with Crippen molar-refractivity contribution in [3.63, 3.8) is 0 Å². The van der Waals surface area contributed by atoms with Gasteiger partial charge >= 0.3 is 0 Å². The van der Waals surface area contributed by atoms with Crippen LogP contribution in [0, 0.1) is 0 Å². The van der Waals surface area contributed by atoms with Gasteiger partial charge in [0.15, 0.2) is 12.3 Å². The van der Waals surface area contributed by atoms with Crippen molar-refractivity contribution in [2.24, 2.45) is 0 Å². The Labute approximate surface area is 205 Å². The number of methoxy groups -OCH3 is 1. The molecule has 12 nitrogen and oxygen atoms in total. The Balaban J connectivity index is 1.33. The molecule has 0 saturated heterocycles. The molecular formula is C23H20N6O6S. The van der Waals surface area contributed by atoms with Crippen molar-refractivity contribution in [2.75, 3.05) is 23.8 Å². The van der Waals surface area contributed by atoms with Gasteiger partial charge in [-0.15, -0.1) is 0 Å². The number of ether oxygens (including phenoxy) is 2. The summed E-state index contributed by atoms with van der Waals surface area (Å²) in [6, 6.07) is 11.1. The number of anilines is 2. The van der Waals surface area contributed by atoms with E-state index in [0.717, 1.165) is 5.56 Å².